The highest BCUT2D eigenvalue weighted by atomic mass is 32.1. The fraction of sp³-hybridized carbons (Fsp3) is 0.500. The van der Waals surface area contributed by atoms with Crippen molar-refractivity contribution >= 4 is 23.1 Å². The predicted octanol–water partition coefficient (Wildman–Crippen LogP) is 2.89. The molecule has 1 saturated carbocycles. The first-order chi connectivity index (χ1) is 10.0. The summed E-state index contributed by atoms with van der Waals surface area (Å²) in [5.74, 6) is -0.163. The van der Waals surface area contributed by atoms with E-state index in [1.165, 1.54) is 18.6 Å². The number of amides is 1. The van der Waals surface area contributed by atoms with Gasteiger partial charge in [-0.2, -0.15) is 0 Å². The van der Waals surface area contributed by atoms with Gasteiger partial charge in [0.25, 0.3) is 5.91 Å². The van der Waals surface area contributed by atoms with Gasteiger partial charge in [-0.1, -0.05) is 50.4 Å². The van der Waals surface area contributed by atoms with Crippen molar-refractivity contribution in [2.45, 2.75) is 50.5 Å². The topological polar surface area (TPSA) is 75.3 Å². The average molecular weight is 306 g/mol. The summed E-state index contributed by atoms with van der Waals surface area (Å²) in [4.78, 5) is 12.8. The molecule has 0 atom stereocenters. The third-order valence-electron chi connectivity index (χ3n) is 4.14. The van der Waals surface area contributed by atoms with E-state index in [2.05, 4.69) is 5.32 Å². The summed E-state index contributed by atoms with van der Waals surface area (Å²) in [6, 6.07) is 6.31. The van der Waals surface area contributed by atoms with Gasteiger partial charge in [0.15, 0.2) is 0 Å². The Hall–Kier alpha value is -1.62. The Morgan fingerprint density at radius 1 is 1.19 bits per heavy atom. The van der Waals surface area contributed by atoms with E-state index in [1.807, 2.05) is 0 Å². The number of hydrogen-bond donors (Lipinski definition) is 3. The highest BCUT2D eigenvalue weighted by molar-refractivity contribution is 7.80. The summed E-state index contributed by atoms with van der Waals surface area (Å²) in [7, 11) is 0. The van der Waals surface area contributed by atoms with Crippen LogP contribution in [0.1, 0.15) is 55.3 Å². The molecule has 4 nitrogen and oxygen atoms in total. The standard InChI is InChI=1S/C16H22N2O2S/c17-15(21)16(9-4-2-1-3-5-10-16)18-14(20)12-7-6-8-13(19)11-12/h6-8,11,19H,1-5,9-10H2,(H2,17,21)(H,18,20). The zero-order valence-electron chi connectivity index (χ0n) is 12.1. The maximum atomic E-state index is 12.4. The van der Waals surface area contributed by atoms with Gasteiger partial charge in [0, 0.05) is 5.56 Å². The summed E-state index contributed by atoms with van der Waals surface area (Å²) in [5, 5.41) is 12.5. The van der Waals surface area contributed by atoms with E-state index >= 15 is 0 Å². The van der Waals surface area contributed by atoms with Gasteiger partial charge in [-0.05, 0) is 31.0 Å². The minimum atomic E-state index is -0.599. The average Bonchev–Trinajstić information content (AvgIpc) is 2.41. The van der Waals surface area contributed by atoms with Crippen LogP contribution in [0.15, 0.2) is 24.3 Å². The molecule has 4 N–H and O–H groups in total. The van der Waals surface area contributed by atoms with Crippen molar-refractivity contribution in [2.75, 3.05) is 0 Å². The number of aromatic hydroxyl groups is 1. The zero-order valence-corrected chi connectivity index (χ0v) is 12.9. The molecule has 1 amide bonds. The van der Waals surface area contributed by atoms with Crippen molar-refractivity contribution < 1.29 is 9.90 Å². The minimum absolute atomic E-state index is 0.0738. The first-order valence-electron chi connectivity index (χ1n) is 7.45. The molecule has 0 aromatic heterocycles. The third-order valence-corrected chi connectivity index (χ3v) is 4.53. The second kappa shape index (κ2) is 6.89. The molecule has 1 aromatic rings. The third kappa shape index (κ3) is 3.94. The van der Waals surface area contributed by atoms with Crippen LogP contribution in [0.25, 0.3) is 0 Å². The molecule has 0 saturated heterocycles. The van der Waals surface area contributed by atoms with Gasteiger partial charge in [-0.25, -0.2) is 0 Å². The fourth-order valence-electron chi connectivity index (χ4n) is 2.88. The fourth-order valence-corrected chi connectivity index (χ4v) is 3.13. The Balaban J connectivity index is 2.18. The van der Waals surface area contributed by atoms with Crippen LogP contribution in [0.5, 0.6) is 5.75 Å². The van der Waals surface area contributed by atoms with Crippen LogP contribution in [0.4, 0.5) is 0 Å². The number of phenols is 1. The number of nitrogens with one attached hydrogen (secondary N) is 1. The van der Waals surface area contributed by atoms with Gasteiger partial charge in [-0.15, -0.1) is 0 Å². The number of benzene rings is 1. The molecule has 1 aromatic carbocycles. The number of rotatable bonds is 3. The summed E-state index contributed by atoms with van der Waals surface area (Å²) in [6.07, 6.45) is 7.11. The smallest absolute Gasteiger partial charge is 0.252 e. The molecular weight excluding hydrogens is 284 g/mol. The number of thiocarbonyl (C=S) groups is 1. The van der Waals surface area contributed by atoms with E-state index < -0.39 is 5.54 Å². The first-order valence-corrected chi connectivity index (χ1v) is 7.86. The second-order valence-corrected chi connectivity index (χ2v) is 6.16. The van der Waals surface area contributed by atoms with Crippen molar-refractivity contribution in [1.82, 2.24) is 5.32 Å². The van der Waals surface area contributed by atoms with E-state index in [0.29, 0.717) is 10.6 Å². The lowest BCUT2D eigenvalue weighted by molar-refractivity contribution is 0.0912. The number of phenolic OH excluding ortho intramolecular Hbond substituents is 1. The highest BCUT2D eigenvalue weighted by Gasteiger charge is 2.35. The van der Waals surface area contributed by atoms with E-state index in [1.54, 1.807) is 12.1 Å². The quantitative estimate of drug-likeness (QED) is 0.751. The summed E-state index contributed by atoms with van der Waals surface area (Å²) >= 11 is 5.24. The van der Waals surface area contributed by atoms with Gasteiger partial charge in [0.1, 0.15) is 5.75 Å². The lowest BCUT2D eigenvalue weighted by Gasteiger charge is -2.35. The van der Waals surface area contributed by atoms with E-state index in [0.717, 1.165) is 38.5 Å². The normalized spacial score (nSPS) is 18.3. The largest absolute Gasteiger partial charge is 0.508 e. The van der Waals surface area contributed by atoms with Gasteiger partial charge < -0.3 is 16.2 Å². The van der Waals surface area contributed by atoms with Crippen molar-refractivity contribution in [2.24, 2.45) is 5.73 Å². The maximum absolute atomic E-state index is 12.4. The molecule has 1 aliphatic rings. The minimum Gasteiger partial charge on any atom is -0.508 e. The molecule has 0 aliphatic heterocycles. The number of carbonyl (C=O) groups is 1. The van der Waals surface area contributed by atoms with E-state index in [9.17, 15) is 9.90 Å². The number of carbonyl (C=O) groups excluding carboxylic acids is 1. The van der Waals surface area contributed by atoms with Gasteiger partial charge in [0.2, 0.25) is 0 Å². The van der Waals surface area contributed by atoms with Crippen molar-refractivity contribution in [3.63, 3.8) is 0 Å². The summed E-state index contributed by atoms with van der Waals surface area (Å²) in [5.41, 5.74) is 5.77. The monoisotopic (exact) mass is 306 g/mol. The Bertz CT molecular complexity index is 523. The molecule has 0 heterocycles. The Kier molecular flexibility index (Phi) is 5.17. The van der Waals surface area contributed by atoms with E-state index in [4.69, 9.17) is 18.0 Å². The van der Waals surface area contributed by atoms with Crippen LogP contribution >= 0.6 is 12.2 Å². The number of nitrogens with two attached hydrogens (primary N) is 1. The summed E-state index contributed by atoms with van der Waals surface area (Å²) < 4.78 is 0. The molecule has 1 fully saturated rings. The van der Waals surface area contributed by atoms with Crippen LogP contribution in [-0.4, -0.2) is 21.5 Å². The van der Waals surface area contributed by atoms with E-state index in [-0.39, 0.29) is 11.7 Å². The van der Waals surface area contributed by atoms with Crippen LogP contribution in [0.2, 0.25) is 0 Å². The molecule has 1 aliphatic carbocycles. The molecule has 5 heteroatoms. The van der Waals surface area contributed by atoms with Crippen molar-refractivity contribution in [3.05, 3.63) is 29.8 Å². The Labute approximate surface area is 130 Å². The SMILES string of the molecule is NC(=S)C1(NC(=O)c2cccc(O)c2)CCCCCCC1. The van der Waals surface area contributed by atoms with Crippen LogP contribution in [-0.2, 0) is 0 Å². The molecule has 0 radical (unpaired) electrons. The van der Waals surface area contributed by atoms with Crippen LogP contribution in [0, 0.1) is 0 Å². The zero-order chi connectivity index (χ0) is 15.3. The maximum Gasteiger partial charge on any atom is 0.252 e. The molecule has 2 rings (SSSR count). The van der Waals surface area contributed by atoms with Gasteiger partial charge in [0.05, 0.1) is 10.5 Å². The van der Waals surface area contributed by atoms with Gasteiger partial charge in [-0.3, -0.25) is 4.79 Å². The molecule has 21 heavy (non-hydrogen) atoms. The predicted molar refractivity (Wildman–Crippen MR) is 87.4 cm³/mol. The molecule has 0 unspecified atom stereocenters. The lowest BCUT2D eigenvalue weighted by Crippen LogP contribution is -2.57. The Morgan fingerprint density at radius 3 is 2.38 bits per heavy atom. The molecule has 114 valence electrons. The Morgan fingerprint density at radius 2 is 1.81 bits per heavy atom. The lowest BCUT2D eigenvalue weighted by atomic mass is 9.83. The van der Waals surface area contributed by atoms with Crippen molar-refractivity contribution in [1.29, 1.82) is 0 Å². The second-order valence-electron chi connectivity index (χ2n) is 5.72. The molecule has 0 bridgehead atoms. The van der Waals surface area contributed by atoms with Crippen LogP contribution < -0.4 is 11.1 Å². The van der Waals surface area contributed by atoms with Crippen molar-refractivity contribution in [3.8, 4) is 5.75 Å². The number of hydrogen-bond acceptors (Lipinski definition) is 3. The van der Waals surface area contributed by atoms with Crippen LogP contribution in [0.3, 0.4) is 0 Å². The summed E-state index contributed by atoms with van der Waals surface area (Å²) in [6.45, 7) is 0. The van der Waals surface area contributed by atoms with Gasteiger partial charge >= 0.3 is 0 Å². The molecule has 0 spiro atoms. The molecular formula is C16H22N2O2S. The highest BCUT2D eigenvalue weighted by Crippen LogP contribution is 2.27. The first kappa shape index (κ1) is 15.8.